The lowest BCUT2D eigenvalue weighted by atomic mass is 10.1. The van der Waals surface area contributed by atoms with E-state index in [0.29, 0.717) is 16.9 Å². The maximum absolute atomic E-state index is 12.4. The quantitative estimate of drug-likeness (QED) is 0.637. The second-order valence-corrected chi connectivity index (χ2v) is 5.97. The summed E-state index contributed by atoms with van der Waals surface area (Å²) in [5.41, 5.74) is 2.60. The van der Waals surface area contributed by atoms with Crippen molar-refractivity contribution >= 4 is 23.3 Å². The number of rotatable bonds is 5. The molecule has 0 spiro atoms. The third-order valence-corrected chi connectivity index (χ3v) is 3.92. The largest absolute Gasteiger partial charge is 0.344 e. The summed E-state index contributed by atoms with van der Waals surface area (Å²) in [6.07, 6.45) is 1.69. The molecule has 0 aliphatic heterocycles. The minimum atomic E-state index is -0.345. The normalized spacial score (nSPS) is 11.3. The summed E-state index contributed by atoms with van der Waals surface area (Å²) in [5.74, 6) is -0.201. The van der Waals surface area contributed by atoms with Crippen molar-refractivity contribution in [2.24, 2.45) is 0 Å². The highest BCUT2D eigenvalue weighted by molar-refractivity contribution is 6.00. The van der Waals surface area contributed by atoms with E-state index in [1.165, 1.54) is 0 Å². The van der Waals surface area contributed by atoms with Crippen LogP contribution < -0.4 is 16.0 Å². The number of amides is 3. The molecule has 0 fully saturated rings. The van der Waals surface area contributed by atoms with E-state index in [2.05, 4.69) is 20.9 Å². The molecule has 0 bridgehead atoms. The number of urea groups is 1. The van der Waals surface area contributed by atoms with E-state index in [1.807, 2.05) is 43.3 Å². The molecule has 0 saturated heterocycles. The molecule has 2 aromatic carbocycles. The van der Waals surface area contributed by atoms with E-state index in [9.17, 15) is 9.59 Å². The van der Waals surface area contributed by atoms with Crippen LogP contribution in [0.5, 0.6) is 0 Å². The van der Waals surface area contributed by atoms with Gasteiger partial charge in [-0.05, 0) is 55.5 Å². The van der Waals surface area contributed by atoms with Gasteiger partial charge in [-0.15, -0.1) is 0 Å². The van der Waals surface area contributed by atoms with Crippen LogP contribution in [-0.4, -0.2) is 16.9 Å². The molecule has 1 aromatic heterocycles. The molecule has 1 atom stereocenters. The maximum atomic E-state index is 12.4. The summed E-state index contributed by atoms with van der Waals surface area (Å²) < 4.78 is 0. The van der Waals surface area contributed by atoms with Gasteiger partial charge in [0.2, 0.25) is 0 Å². The van der Waals surface area contributed by atoms with Crippen molar-refractivity contribution < 1.29 is 9.59 Å². The molecule has 0 unspecified atom stereocenters. The highest BCUT2D eigenvalue weighted by atomic mass is 16.2. The van der Waals surface area contributed by atoms with E-state index in [4.69, 9.17) is 0 Å². The van der Waals surface area contributed by atoms with Crippen molar-refractivity contribution in [3.05, 3.63) is 90.3 Å². The zero-order valence-electron chi connectivity index (χ0n) is 14.8. The van der Waals surface area contributed by atoms with Crippen LogP contribution in [0.15, 0.2) is 79.0 Å². The van der Waals surface area contributed by atoms with Crippen LogP contribution in [0, 0.1) is 0 Å². The molecule has 6 nitrogen and oxygen atoms in total. The predicted octanol–water partition coefficient (Wildman–Crippen LogP) is 4.22. The topological polar surface area (TPSA) is 83.1 Å². The molecule has 0 aliphatic rings. The Morgan fingerprint density at radius 3 is 2.07 bits per heavy atom. The summed E-state index contributed by atoms with van der Waals surface area (Å²) in [6, 6.07) is 20.9. The van der Waals surface area contributed by atoms with Crippen molar-refractivity contribution in [3.63, 3.8) is 0 Å². The molecule has 27 heavy (non-hydrogen) atoms. The lowest BCUT2D eigenvalue weighted by molar-refractivity contribution is 0.0939. The molecule has 1 heterocycles. The lowest BCUT2D eigenvalue weighted by Crippen LogP contribution is -2.27. The van der Waals surface area contributed by atoms with Gasteiger partial charge in [-0.2, -0.15) is 0 Å². The third-order valence-electron chi connectivity index (χ3n) is 3.92. The molecule has 3 N–H and O–H groups in total. The first-order chi connectivity index (χ1) is 13.1. The number of benzene rings is 2. The van der Waals surface area contributed by atoms with Gasteiger partial charge in [0, 0.05) is 23.1 Å². The summed E-state index contributed by atoms with van der Waals surface area (Å²) in [7, 11) is 0. The van der Waals surface area contributed by atoms with Crippen molar-refractivity contribution in [1.82, 2.24) is 10.3 Å². The van der Waals surface area contributed by atoms with E-state index < -0.39 is 0 Å². The Morgan fingerprint density at radius 1 is 0.815 bits per heavy atom. The maximum Gasteiger partial charge on any atom is 0.323 e. The van der Waals surface area contributed by atoms with Crippen LogP contribution in [0.3, 0.4) is 0 Å². The summed E-state index contributed by atoms with van der Waals surface area (Å²) in [5, 5.41) is 8.37. The third kappa shape index (κ3) is 5.15. The standard InChI is InChI=1S/C21H20N4O2/c1-15(19-9-5-6-14-22-19)23-20(26)16-10-12-18(13-11-16)25-21(27)24-17-7-3-2-4-8-17/h2-15H,1H3,(H,23,26)(H2,24,25,27)/t15-/m0/s1. The second-order valence-electron chi connectivity index (χ2n) is 5.97. The molecule has 0 saturated carbocycles. The number of hydrogen-bond acceptors (Lipinski definition) is 3. The van der Waals surface area contributed by atoms with Crippen LogP contribution >= 0.6 is 0 Å². The number of nitrogens with zero attached hydrogens (tertiary/aromatic N) is 1. The van der Waals surface area contributed by atoms with Crippen molar-refractivity contribution in [3.8, 4) is 0 Å². The fourth-order valence-corrected chi connectivity index (χ4v) is 2.51. The van der Waals surface area contributed by atoms with Gasteiger partial charge in [0.1, 0.15) is 0 Å². The molecule has 3 rings (SSSR count). The first-order valence-corrected chi connectivity index (χ1v) is 8.57. The fraction of sp³-hybridized carbons (Fsp3) is 0.0952. The number of aromatic nitrogens is 1. The fourth-order valence-electron chi connectivity index (χ4n) is 2.51. The van der Waals surface area contributed by atoms with E-state index in [-0.39, 0.29) is 18.0 Å². The van der Waals surface area contributed by atoms with Crippen molar-refractivity contribution in [1.29, 1.82) is 0 Å². The number of anilines is 2. The van der Waals surface area contributed by atoms with Crippen molar-refractivity contribution in [2.75, 3.05) is 10.6 Å². The molecular weight excluding hydrogens is 340 g/mol. The Hall–Kier alpha value is -3.67. The first-order valence-electron chi connectivity index (χ1n) is 8.57. The molecular formula is C21H20N4O2. The molecule has 3 aromatic rings. The van der Waals surface area contributed by atoms with Gasteiger partial charge < -0.3 is 16.0 Å². The van der Waals surface area contributed by atoms with Gasteiger partial charge in [0.15, 0.2) is 0 Å². The number of hydrogen-bond donors (Lipinski definition) is 3. The molecule has 0 radical (unpaired) electrons. The Balaban J connectivity index is 1.56. The van der Waals surface area contributed by atoms with Crippen LogP contribution in [0.4, 0.5) is 16.2 Å². The van der Waals surface area contributed by atoms with Gasteiger partial charge in [-0.25, -0.2) is 4.79 Å². The van der Waals surface area contributed by atoms with Gasteiger partial charge in [-0.3, -0.25) is 9.78 Å². The number of nitrogens with one attached hydrogen (secondary N) is 3. The SMILES string of the molecule is C[C@H](NC(=O)c1ccc(NC(=O)Nc2ccccc2)cc1)c1ccccn1. The molecule has 3 amide bonds. The smallest absolute Gasteiger partial charge is 0.323 e. The monoisotopic (exact) mass is 360 g/mol. The number of pyridine rings is 1. The Labute approximate surface area is 157 Å². The highest BCUT2D eigenvalue weighted by Gasteiger charge is 2.12. The summed E-state index contributed by atoms with van der Waals surface area (Å²) >= 11 is 0. The van der Waals surface area contributed by atoms with Crippen LogP contribution in [0.2, 0.25) is 0 Å². The Morgan fingerprint density at radius 2 is 1.44 bits per heavy atom. The van der Waals surface area contributed by atoms with E-state index in [1.54, 1.807) is 42.6 Å². The first kappa shape index (κ1) is 18.1. The average Bonchev–Trinajstić information content (AvgIpc) is 2.70. The van der Waals surface area contributed by atoms with E-state index in [0.717, 1.165) is 5.69 Å². The molecule has 136 valence electrons. The second kappa shape index (κ2) is 8.62. The van der Waals surface area contributed by atoms with Gasteiger partial charge in [-0.1, -0.05) is 24.3 Å². The number of carbonyl (C=O) groups is 2. The van der Waals surface area contributed by atoms with Gasteiger partial charge >= 0.3 is 6.03 Å². The predicted molar refractivity (Wildman–Crippen MR) is 106 cm³/mol. The molecule has 6 heteroatoms. The zero-order chi connectivity index (χ0) is 19.1. The minimum Gasteiger partial charge on any atom is -0.344 e. The number of para-hydroxylation sites is 1. The van der Waals surface area contributed by atoms with Crippen LogP contribution in [0.1, 0.15) is 29.0 Å². The number of carbonyl (C=O) groups excluding carboxylic acids is 2. The average molecular weight is 360 g/mol. The van der Waals surface area contributed by atoms with E-state index >= 15 is 0 Å². The minimum absolute atomic E-state index is 0.201. The van der Waals surface area contributed by atoms with Crippen LogP contribution in [-0.2, 0) is 0 Å². The Kier molecular flexibility index (Phi) is 5.79. The van der Waals surface area contributed by atoms with Crippen LogP contribution in [0.25, 0.3) is 0 Å². The highest BCUT2D eigenvalue weighted by Crippen LogP contribution is 2.13. The summed E-state index contributed by atoms with van der Waals surface area (Å²) in [4.78, 5) is 28.6. The van der Waals surface area contributed by atoms with Gasteiger partial charge in [0.05, 0.1) is 11.7 Å². The van der Waals surface area contributed by atoms with Crippen molar-refractivity contribution in [2.45, 2.75) is 13.0 Å². The van der Waals surface area contributed by atoms with Gasteiger partial charge in [0.25, 0.3) is 5.91 Å². The zero-order valence-corrected chi connectivity index (χ0v) is 14.8. The summed E-state index contributed by atoms with van der Waals surface area (Å²) in [6.45, 7) is 1.88. The molecule has 0 aliphatic carbocycles. The lowest BCUT2D eigenvalue weighted by Gasteiger charge is -2.13. The Bertz CT molecular complexity index is 896.